The number of nitrogens with one attached hydrogen (secondary N) is 1. The van der Waals surface area contributed by atoms with E-state index in [1.807, 2.05) is 0 Å². The third kappa shape index (κ3) is 3.91. The van der Waals surface area contributed by atoms with Crippen molar-refractivity contribution in [2.75, 3.05) is 13.1 Å². The van der Waals surface area contributed by atoms with E-state index in [-0.39, 0.29) is 12.1 Å². The molecule has 0 amide bonds. The van der Waals surface area contributed by atoms with E-state index in [0.717, 1.165) is 25.0 Å². The summed E-state index contributed by atoms with van der Waals surface area (Å²) in [5.41, 5.74) is 4.82. The highest BCUT2D eigenvalue weighted by Gasteiger charge is 2.32. The maximum atomic E-state index is 13.3. The molecule has 2 rings (SSSR count). The van der Waals surface area contributed by atoms with Gasteiger partial charge in [0.2, 0.25) is 0 Å². The van der Waals surface area contributed by atoms with E-state index in [1.165, 1.54) is 0 Å². The second-order valence-corrected chi connectivity index (χ2v) is 4.91. The van der Waals surface area contributed by atoms with Crippen LogP contribution in [-0.2, 0) is 6.18 Å². The first kappa shape index (κ1) is 14.3. The predicted octanol–water partition coefficient (Wildman–Crippen LogP) is 2.84. The van der Waals surface area contributed by atoms with Crippen LogP contribution in [-0.4, -0.2) is 13.1 Å². The van der Waals surface area contributed by atoms with Gasteiger partial charge < -0.3 is 11.1 Å². The maximum absolute atomic E-state index is 13.3. The van der Waals surface area contributed by atoms with Crippen LogP contribution in [0.15, 0.2) is 18.2 Å². The van der Waals surface area contributed by atoms with Crippen LogP contribution in [0.25, 0.3) is 0 Å². The van der Waals surface area contributed by atoms with Crippen LogP contribution in [0.1, 0.15) is 30.0 Å². The molecule has 19 heavy (non-hydrogen) atoms. The van der Waals surface area contributed by atoms with Gasteiger partial charge in [0.15, 0.2) is 0 Å². The third-order valence-electron chi connectivity index (χ3n) is 3.24. The van der Waals surface area contributed by atoms with E-state index < -0.39 is 23.6 Å². The van der Waals surface area contributed by atoms with Gasteiger partial charge in [-0.3, -0.25) is 0 Å². The lowest BCUT2D eigenvalue weighted by molar-refractivity contribution is -0.137. The first-order valence-electron chi connectivity index (χ1n) is 6.21. The van der Waals surface area contributed by atoms with Gasteiger partial charge >= 0.3 is 6.18 Å². The molecule has 0 radical (unpaired) electrons. The van der Waals surface area contributed by atoms with Crippen molar-refractivity contribution in [3.05, 3.63) is 35.1 Å². The van der Waals surface area contributed by atoms with Crippen molar-refractivity contribution >= 4 is 0 Å². The SMILES string of the molecule is NCC(NCC1CC1)c1cc(F)cc(C(F)(F)F)c1. The topological polar surface area (TPSA) is 38.0 Å². The van der Waals surface area contributed by atoms with Gasteiger partial charge in [-0.2, -0.15) is 13.2 Å². The summed E-state index contributed by atoms with van der Waals surface area (Å²) in [5.74, 6) is -0.318. The number of benzene rings is 1. The van der Waals surface area contributed by atoms with E-state index in [4.69, 9.17) is 5.73 Å². The first-order chi connectivity index (χ1) is 8.90. The molecule has 1 saturated carbocycles. The summed E-state index contributed by atoms with van der Waals surface area (Å²) >= 11 is 0. The van der Waals surface area contributed by atoms with Crippen LogP contribution >= 0.6 is 0 Å². The molecule has 6 heteroatoms. The number of rotatable bonds is 5. The molecule has 0 aromatic heterocycles. The van der Waals surface area contributed by atoms with Crippen molar-refractivity contribution in [3.8, 4) is 0 Å². The Morgan fingerprint density at radius 2 is 1.95 bits per heavy atom. The van der Waals surface area contributed by atoms with E-state index in [9.17, 15) is 17.6 Å². The monoisotopic (exact) mass is 276 g/mol. The van der Waals surface area contributed by atoms with Crippen molar-refractivity contribution in [2.24, 2.45) is 11.7 Å². The van der Waals surface area contributed by atoms with Crippen molar-refractivity contribution in [1.29, 1.82) is 0 Å². The minimum atomic E-state index is -4.55. The third-order valence-corrected chi connectivity index (χ3v) is 3.24. The molecule has 1 fully saturated rings. The normalized spacial score (nSPS) is 17.5. The van der Waals surface area contributed by atoms with Gasteiger partial charge in [0.05, 0.1) is 5.56 Å². The Kier molecular flexibility index (Phi) is 4.10. The summed E-state index contributed by atoms with van der Waals surface area (Å²) in [7, 11) is 0. The molecular weight excluding hydrogens is 260 g/mol. The minimum Gasteiger partial charge on any atom is -0.329 e. The standard InChI is InChI=1S/C13H16F4N2/c14-11-4-9(3-10(5-11)13(15,16)17)12(6-18)19-7-8-1-2-8/h3-5,8,12,19H,1-2,6-7,18H2. The summed E-state index contributed by atoms with van der Waals surface area (Å²) in [6, 6.07) is 2.11. The molecule has 2 nitrogen and oxygen atoms in total. The molecule has 0 heterocycles. The Bertz CT molecular complexity index is 441. The summed E-state index contributed by atoms with van der Waals surface area (Å²) in [5, 5.41) is 3.09. The number of hydrogen-bond donors (Lipinski definition) is 2. The van der Waals surface area contributed by atoms with Crippen molar-refractivity contribution < 1.29 is 17.6 Å². The molecule has 0 saturated heterocycles. The zero-order chi connectivity index (χ0) is 14.0. The molecule has 1 aromatic rings. The maximum Gasteiger partial charge on any atom is 0.416 e. The second kappa shape index (κ2) is 5.46. The van der Waals surface area contributed by atoms with E-state index in [2.05, 4.69) is 5.32 Å². The molecule has 0 aliphatic heterocycles. The number of halogens is 4. The smallest absolute Gasteiger partial charge is 0.329 e. The fourth-order valence-corrected chi connectivity index (χ4v) is 1.95. The van der Waals surface area contributed by atoms with Crippen molar-refractivity contribution in [2.45, 2.75) is 25.1 Å². The summed E-state index contributed by atoms with van der Waals surface area (Å²) in [6.45, 7) is 0.840. The van der Waals surface area contributed by atoms with Crippen molar-refractivity contribution in [1.82, 2.24) is 5.32 Å². The minimum absolute atomic E-state index is 0.132. The van der Waals surface area contributed by atoms with Crippen molar-refractivity contribution in [3.63, 3.8) is 0 Å². The van der Waals surface area contributed by atoms with Crippen LogP contribution in [0, 0.1) is 11.7 Å². The lowest BCUT2D eigenvalue weighted by atomic mass is 10.0. The Labute approximate surface area is 109 Å². The summed E-state index contributed by atoms with van der Waals surface area (Å²) in [4.78, 5) is 0. The molecule has 1 atom stereocenters. The molecule has 1 aliphatic rings. The molecule has 3 N–H and O–H groups in total. The largest absolute Gasteiger partial charge is 0.416 e. The molecule has 0 bridgehead atoms. The number of alkyl halides is 3. The fraction of sp³-hybridized carbons (Fsp3) is 0.538. The summed E-state index contributed by atoms with van der Waals surface area (Å²) < 4.78 is 51.2. The van der Waals surface area contributed by atoms with Crippen LogP contribution in [0.4, 0.5) is 17.6 Å². The Balaban J connectivity index is 2.18. The van der Waals surface area contributed by atoms with Crippen LogP contribution in [0.5, 0.6) is 0 Å². The zero-order valence-electron chi connectivity index (χ0n) is 10.3. The molecule has 0 spiro atoms. The highest BCUT2D eigenvalue weighted by Crippen LogP contribution is 2.32. The first-order valence-corrected chi connectivity index (χ1v) is 6.21. The highest BCUT2D eigenvalue weighted by atomic mass is 19.4. The Morgan fingerprint density at radius 1 is 1.26 bits per heavy atom. The molecule has 1 aliphatic carbocycles. The summed E-state index contributed by atoms with van der Waals surface area (Å²) in [6.07, 6.45) is -2.30. The fourth-order valence-electron chi connectivity index (χ4n) is 1.95. The van der Waals surface area contributed by atoms with Crippen LogP contribution in [0.3, 0.4) is 0 Å². The van der Waals surface area contributed by atoms with E-state index in [1.54, 1.807) is 0 Å². The zero-order valence-corrected chi connectivity index (χ0v) is 10.3. The van der Waals surface area contributed by atoms with Gasteiger partial charge in [0, 0.05) is 12.6 Å². The van der Waals surface area contributed by atoms with Gasteiger partial charge in [-0.15, -0.1) is 0 Å². The molecule has 106 valence electrons. The predicted molar refractivity (Wildman–Crippen MR) is 63.9 cm³/mol. The van der Waals surface area contributed by atoms with Gasteiger partial charge in [-0.25, -0.2) is 4.39 Å². The van der Waals surface area contributed by atoms with Crippen LogP contribution in [0.2, 0.25) is 0 Å². The van der Waals surface area contributed by atoms with E-state index >= 15 is 0 Å². The Morgan fingerprint density at radius 3 is 2.47 bits per heavy atom. The van der Waals surface area contributed by atoms with Gasteiger partial charge in [0.1, 0.15) is 5.82 Å². The van der Waals surface area contributed by atoms with E-state index in [0.29, 0.717) is 18.5 Å². The lowest BCUT2D eigenvalue weighted by Gasteiger charge is -2.19. The Hall–Kier alpha value is -1.14. The average Bonchev–Trinajstić information content (AvgIpc) is 3.12. The average molecular weight is 276 g/mol. The molecular formula is C13H16F4N2. The molecule has 1 unspecified atom stereocenters. The van der Waals surface area contributed by atoms with Gasteiger partial charge in [-0.1, -0.05) is 0 Å². The quantitative estimate of drug-likeness (QED) is 0.812. The number of hydrogen-bond acceptors (Lipinski definition) is 2. The van der Waals surface area contributed by atoms with Crippen LogP contribution < -0.4 is 11.1 Å². The highest BCUT2D eigenvalue weighted by molar-refractivity contribution is 5.29. The van der Waals surface area contributed by atoms with Gasteiger partial charge in [0.25, 0.3) is 0 Å². The number of nitrogens with two attached hydrogens (primary N) is 1. The molecule has 1 aromatic carbocycles. The van der Waals surface area contributed by atoms with Gasteiger partial charge in [-0.05, 0) is 49.1 Å². The second-order valence-electron chi connectivity index (χ2n) is 4.91. The lowest BCUT2D eigenvalue weighted by Crippen LogP contribution is -2.30.